The van der Waals surface area contributed by atoms with Crippen LogP contribution in [0, 0.1) is 11.8 Å². The van der Waals surface area contributed by atoms with Crippen molar-refractivity contribution in [3.05, 3.63) is 291 Å². The van der Waals surface area contributed by atoms with E-state index in [-0.39, 0.29) is 0 Å². The molecule has 0 saturated carbocycles. The average molecular weight is 939 g/mol. The van der Waals surface area contributed by atoms with Crippen LogP contribution < -0.4 is 0 Å². The maximum Gasteiger partial charge on any atom is 0.0723 e. The van der Waals surface area contributed by atoms with E-state index in [1.54, 1.807) is 0 Å². The van der Waals surface area contributed by atoms with Crippen molar-refractivity contribution in [3.63, 3.8) is 0 Å². The molecule has 0 heteroatoms. The van der Waals surface area contributed by atoms with Gasteiger partial charge in [0, 0.05) is 17.8 Å². The quantitative estimate of drug-likeness (QED) is 0.145. The van der Waals surface area contributed by atoms with Gasteiger partial charge < -0.3 is 0 Å². The molecule has 4 unspecified atom stereocenters. The Labute approximate surface area is 433 Å². The van der Waals surface area contributed by atoms with E-state index >= 15 is 0 Å². The van der Waals surface area contributed by atoms with Crippen molar-refractivity contribution >= 4 is 16.7 Å². The van der Waals surface area contributed by atoms with Gasteiger partial charge in [-0.1, -0.05) is 206 Å². The van der Waals surface area contributed by atoms with Crippen LogP contribution in [0.15, 0.2) is 253 Å². The lowest BCUT2D eigenvalue weighted by atomic mass is 9.66. The van der Waals surface area contributed by atoms with Gasteiger partial charge in [-0.25, -0.2) is 0 Å². The highest BCUT2D eigenvalue weighted by Crippen LogP contribution is 2.65. The van der Waals surface area contributed by atoms with Crippen molar-refractivity contribution in [1.82, 2.24) is 0 Å². The van der Waals surface area contributed by atoms with Crippen molar-refractivity contribution in [2.24, 2.45) is 11.8 Å². The Morgan fingerprint density at radius 3 is 1.85 bits per heavy atom. The first-order valence-corrected chi connectivity index (χ1v) is 27.5. The first-order chi connectivity index (χ1) is 36.2. The maximum absolute atomic E-state index is 2.73. The van der Waals surface area contributed by atoms with E-state index in [0.29, 0.717) is 17.8 Å². The molecule has 9 aliphatic rings. The Hall–Kier alpha value is -7.54. The van der Waals surface area contributed by atoms with Crippen LogP contribution in [0.3, 0.4) is 0 Å². The minimum atomic E-state index is -0.548. The fraction of sp³-hybridized carbons (Fsp3) is 0.205. The van der Waals surface area contributed by atoms with Crippen molar-refractivity contribution < 1.29 is 0 Å². The summed E-state index contributed by atoms with van der Waals surface area (Å²) in [5.74, 6) is 1.10. The number of fused-ring (bicyclic) bond motifs is 9. The summed E-state index contributed by atoms with van der Waals surface area (Å²) in [4.78, 5) is 0. The second kappa shape index (κ2) is 18.5. The van der Waals surface area contributed by atoms with E-state index in [1.807, 2.05) is 0 Å². The van der Waals surface area contributed by atoms with Gasteiger partial charge in [-0.15, -0.1) is 0 Å². The molecule has 5 aromatic rings. The van der Waals surface area contributed by atoms with Crippen LogP contribution in [0.2, 0.25) is 0 Å². The van der Waals surface area contributed by atoms with Gasteiger partial charge in [-0.2, -0.15) is 0 Å². The normalized spacial score (nSPS) is 24.1. The molecular weight excluding hydrogens is 877 g/mol. The zero-order chi connectivity index (χ0) is 48.3. The summed E-state index contributed by atoms with van der Waals surface area (Å²) in [5.41, 5.74) is 29.0. The highest BCUT2D eigenvalue weighted by atomic mass is 14.5. The summed E-state index contributed by atoms with van der Waals surface area (Å²) in [6.45, 7) is 0. The fourth-order valence-corrected chi connectivity index (χ4v) is 14.3. The van der Waals surface area contributed by atoms with Gasteiger partial charge in [0.25, 0.3) is 0 Å². The van der Waals surface area contributed by atoms with Gasteiger partial charge in [-0.05, 0) is 206 Å². The molecule has 9 aliphatic carbocycles. The lowest BCUT2D eigenvalue weighted by Crippen LogP contribution is -2.28. The Morgan fingerprint density at radius 2 is 1.10 bits per heavy atom. The van der Waals surface area contributed by atoms with E-state index in [1.165, 1.54) is 117 Å². The second-order valence-corrected chi connectivity index (χ2v) is 21.6. The van der Waals surface area contributed by atoms with Crippen molar-refractivity contribution in [2.45, 2.75) is 82.0 Å². The number of hydrogen-bond acceptors (Lipinski definition) is 0. The average Bonchev–Trinajstić information content (AvgIpc) is 3.99. The molecule has 4 atom stereocenters. The fourth-order valence-electron chi connectivity index (χ4n) is 14.3. The van der Waals surface area contributed by atoms with Crippen LogP contribution in [0.25, 0.3) is 50.1 Å². The molecule has 1 spiro atoms. The third-order valence-corrected chi connectivity index (χ3v) is 17.7. The number of rotatable bonds is 8. The highest BCUT2D eigenvalue weighted by Gasteiger charge is 2.53. The zero-order valence-corrected chi connectivity index (χ0v) is 41.9. The maximum atomic E-state index is 2.73. The molecule has 0 aromatic heterocycles. The third kappa shape index (κ3) is 7.39. The predicted octanol–water partition coefficient (Wildman–Crippen LogP) is 19.2. The summed E-state index contributed by atoms with van der Waals surface area (Å²) < 4.78 is 0. The van der Waals surface area contributed by atoms with Crippen LogP contribution >= 0.6 is 0 Å². The number of allylic oxidation sites excluding steroid dienone is 28. The Bertz CT molecular complexity index is 3600. The van der Waals surface area contributed by atoms with Gasteiger partial charge in [0.15, 0.2) is 0 Å². The molecule has 354 valence electrons. The summed E-state index contributed by atoms with van der Waals surface area (Å²) in [7, 11) is 0. The van der Waals surface area contributed by atoms with Crippen LogP contribution in [-0.2, 0) is 5.41 Å². The van der Waals surface area contributed by atoms with Crippen LogP contribution in [0.1, 0.15) is 115 Å². The lowest BCUT2D eigenvalue weighted by molar-refractivity contribution is 0.711. The van der Waals surface area contributed by atoms with E-state index in [9.17, 15) is 0 Å². The number of benzene rings is 5. The molecule has 0 saturated heterocycles. The molecule has 0 bridgehead atoms. The van der Waals surface area contributed by atoms with Gasteiger partial charge in [0.1, 0.15) is 0 Å². The van der Waals surface area contributed by atoms with E-state index in [0.717, 1.165) is 70.6 Å². The Kier molecular flexibility index (Phi) is 11.2. The summed E-state index contributed by atoms with van der Waals surface area (Å²) in [5, 5.41) is 0. The number of hydrogen-bond donors (Lipinski definition) is 0. The molecule has 73 heavy (non-hydrogen) atoms. The second-order valence-electron chi connectivity index (χ2n) is 21.6. The third-order valence-electron chi connectivity index (χ3n) is 17.7. The molecule has 0 nitrogen and oxygen atoms in total. The SMILES string of the molecule is C1=CCC(C2=C(c3ccc4c(c3)C3(C5=C(CCC(C6=CC=CCC6C6=CCCC=C6)=C5)c5ccc(-c6ccccc6C6C=CC=CC6)cc53)c3cc(-c5ccccc5C5=CCCC=C5)ccc3-4)CCC=C2)C=C1. The Morgan fingerprint density at radius 1 is 0.438 bits per heavy atom. The molecule has 0 amide bonds. The standard InChI is InChI=1S/C73H62/c1-5-21-49(22-6-1)57-29-13-17-33-61(57)53-37-41-65-66-42-38-54(62-34-18-14-30-58(62)50-23-7-2-8-24-50)46-70(66)73(69(65)45-53)71-47-55(63-35-19-15-31-59(63)51-25-9-3-10-26-51)39-43-67(71)68-44-40-56(48-72(68)73)64-36-20-16-32-60(64)52-27-11-4-12-28-52/h1,3,5-7,9-11,13-18,20-21,23-25,27-29,31-34,36-37,39-41,43-49,51,58H,2,4,8,12,19,22,26,30,35,38,42H2. The smallest absolute Gasteiger partial charge is 0.0723 e. The highest BCUT2D eigenvalue weighted by molar-refractivity contribution is 5.99. The Balaban J connectivity index is 1.04. The lowest BCUT2D eigenvalue weighted by Gasteiger charge is -2.35. The molecular formula is C73H62. The topological polar surface area (TPSA) is 0 Å². The van der Waals surface area contributed by atoms with Crippen molar-refractivity contribution in [2.75, 3.05) is 0 Å². The van der Waals surface area contributed by atoms with Crippen LogP contribution in [0.5, 0.6) is 0 Å². The van der Waals surface area contributed by atoms with Crippen molar-refractivity contribution in [1.29, 1.82) is 0 Å². The molecule has 14 rings (SSSR count). The monoisotopic (exact) mass is 938 g/mol. The molecule has 5 aromatic carbocycles. The molecule has 0 aliphatic heterocycles. The first kappa shape index (κ1) is 44.2. The minimum Gasteiger partial charge on any atom is -0.0839 e. The minimum absolute atomic E-state index is 0.342. The van der Waals surface area contributed by atoms with Gasteiger partial charge in [-0.3, -0.25) is 0 Å². The predicted molar refractivity (Wildman–Crippen MR) is 309 cm³/mol. The molecule has 0 fully saturated rings. The van der Waals surface area contributed by atoms with E-state index < -0.39 is 5.41 Å². The molecule has 0 N–H and O–H groups in total. The first-order valence-electron chi connectivity index (χ1n) is 27.5. The van der Waals surface area contributed by atoms with E-state index in [2.05, 4.69) is 225 Å². The largest absolute Gasteiger partial charge is 0.0839 e. The van der Waals surface area contributed by atoms with Gasteiger partial charge in [0.05, 0.1) is 5.41 Å². The van der Waals surface area contributed by atoms with E-state index in [4.69, 9.17) is 0 Å². The summed E-state index contributed by atoms with van der Waals surface area (Å²) in [6, 6.07) is 41.3. The van der Waals surface area contributed by atoms with Crippen LogP contribution in [0.4, 0.5) is 0 Å². The summed E-state index contributed by atoms with van der Waals surface area (Å²) >= 11 is 0. The summed E-state index contributed by atoms with van der Waals surface area (Å²) in [6.07, 6.45) is 59.4. The molecule has 0 radical (unpaired) electrons. The van der Waals surface area contributed by atoms with Crippen molar-refractivity contribution in [3.8, 4) is 33.4 Å². The molecule has 0 heterocycles. The van der Waals surface area contributed by atoms with Gasteiger partial charge in [0.2, 0.25) is 0 Å². The van der Waals surface area contributed by atoms with Gasteiger partial charge >= 0.3 is 0 Å². The van der Waals surface area contributed by atoms with Crippen LogP contribution in [-0.4, -0.2) is 0 Å². The zero-order valence-electron chi connectivity index (χ0n) is 41.9.